The summed E-state index contributed by atoms with van der Waals surface area (Å²) in [6.45, 7) is 2.41. The van der Waals surface area contributed by atoms with E-state index in [9.17, 15) is 0 Å². The molecule has 0 aromatic carbocycles. The summed E-state index contributed by atoms with van der Waals surface area (Å²) in [5.41, 5.74) is 0.696. The molecule has 1 heterocycles. The molecule has 0 saturated heterocycles. The quantitative estimate of drug-likeness (QED) is 0.232. The second-order valence-electron chi connectivity index (χ2n) is 2.59. The maximum Gasteiger partial charge on any atom is 0.243 e. The van der Waals surface area contributed by atoms with Gasteiger partial charge in [0, 0.05) is 0 Å². The van der Waals surface area contributed by atoms with Gasteiger partial charge in [-0.05, 0) is 6.92 Å². The van der Waals surface area contributed by atoms with Gasteiger partial charge in [0.1, 0.15) is 18.9 Å². The van der Waals surface area contributed by atoms with Gasteiger partial charge in [-0.15, -0.1) is 0 Å². The summed E-state index contributed by atoms with van der Waals surface area (Å²) in [6, 6.07) is 0. The lowest BCUT2D eigenvalue weighted by Gasteiger charge is -1.91. The zero-order valence-electron chi connectivity index (χ0n) is 7.11. The van der Waals surface area contributed by atoms with Crippen LogP contribution in [0.25, 0.3) is 0 Å². The molecule has 12 heavy (non-hydrogen) atoms. The van der Waals surface area contributed by atoms with Gasteiger partial charge in [-0.3, -0.25) is 0 Å². The van der Waals surface area contributed by atoms with Crippen LogP contribution in [-0.2, 0) is 13.6 Å². The van der Waals surface area contributed by atoms with Gasteiger partial charge < -0.3 is 17.6 Å². The predicted molar refractivity (Wildman–Crippen MR) is 40.5 cm³/mol. The summed E-state index contributed by atoms with van der Waals surface area (Å²) >= 11 is 0. The van der Waals surface area contributed by atoms with Crippen molar-refractivity contribution in [1.82, 2.24) is 4.57 Å². The lowest BCUT2D eigenvalue weighted by Crippen LogP contribution is -3.00. The predicted octanol–water partition coefficient (Wildman–Crippen LogP) is -2.83. The van der Waals surface area contributed by atoms with Crippen LogP contribution in [0.15, 0.2) is 23.9 Å². The molecule has 1 N–H and O–H groups in total. The van der Waals surface area contributed by atoms with E-state index < -0.39 is 0 Å². The topological polar surface area (TPSA) is 41.4 Å². The molecule has 0 aliphatic rings. The maximum absolute atomic E-state index is 8.37. The van der Waals surface area contributed by atoms with Crippen molar-refractivity contribution in [3.63, 3.8) is 0 Å². The van der Waals surface area contributed by atoms with E-state index in [0.29, 0.717) is 12.3 Å². The highest BCUT2D eigenvalue weighted by Gasteiger charge is 2.00. The van der Waals surface area contributed by atoms with Crippen LogP contribution in [0, 0.1) is 0 Å². The lowest BCUT2D eigenvalue weighted by atomic mass is 10.4. The van der Waals surface area contributed by atoms with Crippen molar-refractivity contribution in [2.45, 2.75) is 13.5 Å². The van der Waals surface area contributed by atoms with Crippen LogP contribution in [0.1, 0.15) is 6.92 Å². The summed E-state index contributed by atoms with van der Waals surface area (Å²) in [6.07, 6.45) is 5.79. The Balaban J connectivity index is 0.00000121. The fourth-order valence-corrected chi connectivity index (χ4v) is 0.891. The van der Waals surface area contributed by atoms with Crippen LogP contribution < -0.4 is 17.0 Å². The zero-order valence-corrected chi connectivity index (χ0v) is 7.86. The lowest BCUT2D eigenvalue weighted by molar-refractivity contribution is -0.671. The third-order valence-corrected chi connectivity index (χ3v) is 1.41. The summed E-state index contributed by atoms with van der Waals surface area (Å²) in [5.74, 6) is 0. The first kappa shape index (κ1) is 11.0. The molecule has 0 spiro atoms. The number of aryl methyl sites for hydroxylation is 1. The van der Waals surface area contributed by atoms with Crippen molar-refractivity contribution >= 4 is 5.71 Å². The van der Waals surface area contributed by atoms with Gasteiger partial charge in [0.05, 0.1) is 12.8 Å². The van der Waals surface area contributed by atoms with Crippen LogP contribution in [0.5, 0.6) is 0 Å². The van der Waals surface area contributed by atoms with Crippen LogP contribution in [0.3, 0.4) is 0 Å². The van der Waals surface area contributed by atoms with E-state index >= 15 is 0 Å². The highest BCUT2D eigenvalue weighted by Crippen LogP contribution is 1.85. The van der Waals surface area contributed by atoms with E-state index in [1.165, 1.54) is 0 Å². The Labute approximate surface area is 77.5 Å². The van der Waals surface area contributed by atoms with E-state index in [0.717, 1.165) is 0 Å². The molecule has 1 aromatic heterocycles. The van der Waals surface area contributed by atoms with E-state index in [1.54, 1.807) is 6.92 Å². The van der Waals surface area contributed by atoms with E-state index in [4.69, 9.17) is 5.21 Å². The Morgan fingerprint density at radius 3 is 2.75 bits per heavy atom. The van der Waals surface area contributed by atoms with Gasteiger partial charge in [-0.25, -0.2) is 9.13 Å². The minimum atomic E-state index is 0. The second-order valence-corrected chi connectivity index (χ2v) is 2.59. The number of oxime groups is 1. The molecule has 4 nitrogen and oxygen atoms in total. The minimum Gasteiger partial charge on any atom is -1.00 e. The fraction of sp³-hybridized carbons (Fsp3) is 0.429. The largest absolute Gasteiger partial charge is 1.00 e. The van der Waals surface area contributed by atoms with Crippen molar-refractivity contribution in [1.29, 1.82) is 0 Å². The molecule has 0 atom stereocenters. The first-order chi connectivity index (χ1) is 5.22. The molecular weight excluding hydrogens is 178 g/mol. The molecular formula is C7H12ClN3O. The SMILES string of the molecule is CC(Cn1cc[n+](C)c1)=NO.[Cl-]. The van der Waals surface area contributed by atoms with Crippen LogP contribution in [0.2, 0.25) is 0 Å². The number of nitrogens with zero attached hydrogens (tertiary/aromatic N) is 3. The Morgan fingerprint density at radius 2 is 2.33 bits per heavy atom. The molecule has 0 amide bonds. The van der Waals surface area contributed by atoms with Crippen LogP contribution >= 0.6 is 0 Å². The monoisotopic (exact) mass is 189 g/mol. The highest BCUT2D eigenvalue weighted by atomic mass is 35.5. The van der Waals surface area contributed by atoms with Crippen molar-refractivity contribution in [3.8, 4) is 0 Å². The van der Waals surface area contributed by atoms with E-state index in [2.05, 4.69) is 5.16 Å². The van der Waals surface area contributed by atoms with Gasteiger partial charge in [-0.2, -0.15) is 0 Å². The van der Waals surface area contributed by atoms with Crippen LogP contribution in [0.4, 0.5) is 0 Å². The van der Waals surface area contributed by atoms with Gasteiger partial charge in [-0.1, -0.05) is 5.16 Å². The van der Waals surface area contributed by atoms with Gasteiger partial charge in [0.25, 0.3) is 0 Å². The standard InChI is InChI=1S/C7H11N3O.ClH/c1-7(8-11)5-10-4-3-9(2)6-10;/h3-4,6H,5H2,1-2H3;1H. The first-order valence-electron chi connectivity index (χ1n) is 3.41. The van der Waals surface area contributed by atoms with Crippen molar-refractivity contribution in [2.75, 3.05) is 0 Å². The zero-order chi connectivity index (χ0) is 8.27. The third-order valence-electron chi connectivity index (χ3n) is 1.41. The molecule has 0 radical (unpaired) electrons. The maximum atomic E-state index is 8.37. The molecule has 1 rings (SSSR count). The van der Waals surface area contributed by atoms with Crippen molar-refractivity contribution < 1.29 is 22.2 Å². The molecule has 0 aliphatic heterocycles. The summed E-state index contributed by atoms with van der Waals surface area (Å²) in [4.78, 5) is 0. The second kappa shape index (κ2) is 4.77. The summed E-state index contributed by atoms with van der Waals surface area (Å²) < 4.78 is 3.87. The fourth-order valence-electron chi connectivity index (χ4n) is 0.891. The first-order valence-corrected chi connectivity index (χ1v) is 3.41. The number of rotatable bonds is 2. The summed E-state index contributed by atoms with van der Waals surface area (Å²) in [7, 11) is 1.95. The molecule has 5 heteroatoms. The number of imidazole rings is 1. The minimum absolute atomic E-state index is 0. The average Bonchev–Trinajstić information content (AvgIpc) is 2.35. The number of halogens is 1. The Bertz CT molecular complexity index is 269. The average molecular weight is 190 g/mol. The Morgan fingerprint density at radius 1 is 1.67 bits per heavy atom. The molecule has 68 valence electrons. The molecule has 1 aromatic rings. The summed E-state index contributed by atoms with van der Waals surface area (Å²) in [5, 5.41) is 11.5. The van der Waals surface area contributed by atoms with E-state index in [-0.39, 0.29) is 12.4 Å². The Kier molecular flexibility index (Phi) is 4.36. The van der Waals surface area contributed by atoms with E-state index in [1.807, 2.05) is 34.9 Å². The molecule has 0 unspecified atom stereocenters. The molecule has 0 aliphatic carbocycles. The molecule has 0 fully saturated rings. The smallest absolute Gasteiger partial charge is 0.243 e. The van der Waals surface area contributed by atoms with Gasteiger partial charge in [0.2, 0.25) is 6.33 Å². The number of hydrogen-bond donors (Lipinski definition) is 1. The number of aromatic nitrogens is 2. The highest BCUT2D eigenvalue weighted by molar-refractivity contribution is 5.80. The number of hydrogen-bond acceptors (Lipinski definition) is 2. The Hall–Kier alpha value is -1.03. The molecule has 0 saturated carbocycles. The normalized spacial score (nSPS) is 11.0. The van der Waals surface area contributed by atoms with Crippen LogP contribution in [-0.4, -0.2) is 15.5 Å². The van der Waals surface area contributed by atoms with Gasteiger partial charge in [0.15, 0.2) is 0 Å². The van der Waals surface area contributed by atoms with Crippen molar-refractivity contribution in [2.24, 2.45) is 12.2 Å². The van der Waals surface area contributed by atoms with Crippen molar-refractivity contribution in [3.05, 3.63) is 18.7 Å². The third kappa shape index (κ3) is 2.92. The van der Waals surface area contributed by atoms with Gasteiger partial charge >= 0.3 is 0 Å². The molecule has 0 bridgehead atoms.